The van der Waals surface area contributed by atoms with E-state index in [1.54, 1.807) is 6.07 Å². The standard InChI is InChI=1S/C30H24N4O3/c1-30(2)14-23-28(24(35)15-30)27(19-9-10-25-26(13-19)37-18-36-25)21(17-32)29(33-11-5-6-12-33)34(23)22-8-4-3-7-20(22)16-31/h3-13,27H,14-15,18H2,1-2H3/t27-/m0/s1. The number of hydrogen-bond donors (Lipinski definition) is 0. The van der Waals surface area contributed by atoms with Crippen LogP contribution in [0.2, 0.25) is 0 Å². The molecule has 3 aromatic rings. The van der Waals surface area contributed by atoms with Gasteiger partial charge in [0.1, 0.15) is 11.9 Å². The van der Waals surface area contributed by atoms with Crippen molar-refractivity contribution in [3.63, 3.8) is 0 Å². The topological polar surface area (TPSA) is 91.3 Å². The van der Waals surface area contributed by atoms with E-state index in [2.05, 4.69) is 26.0 Å². The second-order valence-electron chi connectivity index (χ2n) is 10.3. The molecule has 0 unspecified atom stereocenters. The summed E-state index contributed by atoms with van der Waals surface area (Å²) in [7, 11) is 0. The minimum absolute atomic E-state index is 0.00709. The van der Waals surface area contributed by atoms with Gasteiger partial charge in [-0.1, -0.05) is 32.0 Å². The van der Waals surface area contributed by atoms with Crippen molar-refractivity contribution in [2.45, 2.75) is 32.6 Å². The number of nitriles is 2. The molecule has 6 rings (SSSR count). The third-order valence-corrected chi connectivity index (χ3v) is 7.16. The van der Waals surface area contributed by atoms with Crippen LogP contribution < -0.4 is 14.4 Å². The number of anilines is 1. The number of para-hydroxylation sites is 1. The lowest BCUT2D eigenvalue weighted by molar-refractivity contribution is -0.118. The van der Waals surface area contributed by atoms with E-state index in [1.807, 2.05) is 70.4 Å². The molecular formula is C30H24N4O3. The van der Waals surface area contributed by atoms with Crippen LogP contribution in [0.15, 0.2) is 83.8 Å². The highest BCUT2D eigenvalue weighted by Crippen LogP contribution is 2.53. The summed E-state index contributed by atoms with van der Waals surface area (Å²) in [6.07, 6.45) is 4.75. The van der Waals surface area contributed by atoms with Crippen molar-refractivity contribution < 1.29 is 14.3 Å². The average Bonchev–Trinajstić information content (AvgIpc) is 3.58. The Bertz CT molecular complexity index is 1580. The monoisotopic (exact) mass is 488 g/mol. The maximum Gasteiger partial charge on any atom is 0.231 e. The second kappa shape index (κ2) is 8.43. The summed E-state index contributed by atoms with van der Waals surface area (Å²) in [5.74, 6) is 1.28. The SMILES string of the molecule is CC1(C)CC(=O)C2=C(C1)N(c1ccccc1C#N)C(n1cccc1)=C(C#N)[C@@H]2c1ccc2c(c1)OCO2. The molecular weight excluding hydrogens is 464 g/mol. The number of ether oxygens (including phenoxy) is 2. The van der Waals surface area contributed by atoms with E-state index >= 15 is 0 Å². The lowest BCUT2D eigenvalue weighted by Gasteiger charge is -2.45. The Kier molecular flexibility index (Phi) is 5.17. The van der Waals surface area contributed by atoms with Gasteiger partial charge in [0.05, 0.1) is 28.8 Å². The van der Waals surface area contributed by atoms with Gasteiger partial charge < -0.3 is 14.0 Å². The highest BCUT2D eigenvalue weighted by molar-refractivity contribution is 6.04. The molecule has 1 aliphatic carbocycles. The summed E-state index contributed by atoms with van der Waals surface area (Å²) < 4.78 is 13.0. The highest BCUT2D eigenvalue weighted by Gasteiger charge is 2.46. The van der Waals surface area contributed by atoms with Crippen molar-refractivity contribution in [3.8, 4) is 23.6 Å². The van der Waals surface area contributed by atoms with Crippen LogP contribution in [-0.4, -0.2) is 17.1 Å². The Balaban J connectivity index is 1.70. The van der Waals surface area contributed by atoms with Gasteiger partial charge in [-0.25, -0.2) is 0 Å². The van der Waals surface area contributed by atoms with E-state index in [1.165, 1.54) is 0 Å². The van der Waals surface area contributed by atoms with E-state index in [0.717, 1.165) is 11.3 Å². The number of allylic oxidation sites excluding steroid dienone is 3. The molecule has 0 N–H and O–H groups in total. The van der Waals surface area contributed by atoms with Crippen molar-refractivity contribution >= 4 is 17.3 Å². The van der Waals surface area contributed by atoms with Gasteiger partial charge in [0.2, 0.25) is 6.79 Å². The number of fused-ring (bicyclic) bond motifs is 1. The quantitative estimate of drug-likeness (QED) is 0.468. The zero-order chi connectivity index (χ0) is 25.7. The Morgan fingerprint density at radius 1 is 0.946 bits per heavy atom. The highest BCUT2D eigenvalue weighted by atomic mass is 16.7. The van der Waals surface area contributed by atoms with Crippen molar-refractivity contribution in [1.82, 2.24) is 4.57 Å². The smallest absolute Gasteiger partial charge is 0.231 e. The minimum Gasteiger partial charge on any atom is -0.454 e. The fourth-order valence-electron chi connectivity index (χ4n) is 5.64. The number of hydrogen-bond acceptors (Lipinski definition) is 6. The lowest BCUT2D eigenvalue weighted by atomic mass is 9.68. The number of carbonyl (C=O) groups excluding carboxylic acids is 1. The number of aromatic nitrogens is 1. The summed E-state index contributed by atoms with van der Waals surface area (Å²) in [6.45, 7) is 4.30. The molecule has 7 nitrogen and oxygen atoms in total. The summed E-state index contributed by atoms with van der Waals surface area (Å²) in [5.41, 5.74) is 3.44. The average molecular weight is 489 g/mol. The van der Waals surface area contributed by atoms with Crippen LogP contribution in [-0.2, 0) is 4.79 Å². The van der Waals surface area contributed by atoms with Gasteiger partial charge in [-0.3, -0.25) is 9.69 Å². The fraction of sp³-hybridized carbons (Fsp3) is 0.233. The first-order valence-corrected chi connectivity index (χ1v) is 12.1. The number of nitrogens with zero attached hydrogens (tertiary/aromatic N) is 4. The molecule has 0 radical (unpaired) electrons. The Labute approximate surface area is 215 Å². The summed E-state index contributed by atoms with van der Waals surface area (Å²) in [5, 5.41) is 20.6. The number of ketones is 1. The zero-order valence-electron chi connectivity index (χ0n) is 20.6. The third-order valence-electron chi connectivity index (χ3n) is 7.16. The number of benzene rings is 2. The van der Waals surface area contributed by atoms with E-state index in [9.17, 15) is 15.3 Å². The van der Waals surface area contributed by atoms with Crippen LogP contribution in [0.4, 0.5) is 5.69 Å². The largest absolute Gasteiger partial charge is 0.454 e. The lowest BCUT2D eigenvalue weighted by Crippen LogP contribution is -2.40. The molecule has 3 heterocycles. The maximum absolute atomic E-state index is 13.9. The number of carbonyl (C=O) groups is 1. The van der Waals surface area contributed by atoms with Gasteiger partial charge in [0.25, 0.3) is 0 Å². The summed E-state index contributed by atoms with van der Waals surface area (Å²) in [4.78, 5) is 15.9. The van der Waals surface area contributed by atoms with E-state index in [-0.39, 0.29) is 18.0 Å². The molecule has 3 aliphatic rings. The predicted octanol–water partition coefficient (Wildman–Crippen LogP) is 5.73. The normalized spacial score (nSPS) is 19.9. The van der Waals surface area contributed by atoms with Crippen LogP contribution in [0.3, 0.4) is 0 Å². The first-order chi connectivity index (χ1) is 17.9. The van der Waals surface area contributed by atoms with Crippen LogP contribution in [0, 0.1) is 28.1 Å². The molecule has 182 valence electrons. The van der Waals surface area contributed by atoms with Crippen LogP contribution in [0.25, 0.3) is 5.82 Å². The van der Waals surface area contributed by atoms with Crippen LogP contribution >= 0.6 is 0 Å². The second-order valence-corrected chi connectivity index (χ2v) is 10.3. The van der Waals surface area contributed by atoms with Gasteiger partial charge in [-0.15, -0.1) is 0 Å². The summed E-state index contributed by atoms with van der Waals surface area (Å²) >= 11 is 0. The number of rotatable bonds is 3. The minimum atomic E-state index is -0.582. The zero-order valence-corrected chi connectivity index (χ0v) is 20.6. The van der Waals surface area contributed by atoms with Crippen LogP contribution in [0.1, 0.15) is 43.7 Å². The molecule has 0 saturated carbocycles. The van der Waals surface area contributed by atoms with Crippen molar-refractivity contribution in [2.24, 2.45) is 5.41 Å². The molecule has 0 saturated heterocycles. The first kappa shape index (κ1) is 22.7. The van der Waals surface area contributed by atoms with Crippen molar-refractivity contribution in [2.75, 3.05) is 11.7 Å². The molecule has 7 heteroatoms. The third kappa shape index (κ3) is 3.59. The molecule has 0 amide bonds. The van der Waals surface area contributed by atoms with Crippen molar-refractivity contribution in [3.05, 3.63) is 95.0 Å². The van der Waals surface area contributed by atoms with E-state index < -0.39 is 5.92 Å². The van der Waals surface area contributed by atoms with Gasteiger partial charge in [0.15, 0.2) is 17.3 Å². The van der Waals surface area contributed by atoms with Crippen molar-refractivity contribution in [1.29, 1.82) is 10.5 Å². The predicted molar refractivity (Wildman–Crippen MR) is 137 cm³/mol. The Morgan fingerprint density at radius 3 is 2.46 bits per heavy atom. The molecule has 2 aliphatic heterocycles. The Morgan fingerprint density at radius 2 is 1.70 bits per heavy atom. The van der Waals surface area contributed by atoms with E-state index in [0.29, 0.717) is 52.6 Å². The van der Waals surface area contributed by atoms with Gasteiger partial charge in [-0.05, 0) is 53.8 Å². The van der Waals surface area contributed by atoms with Gasteiger partial charge >= 0.3 is 0 Å². The molecule has 1 atom stereocenters. The summed E-state index contributed by atoms with van der Waals surface area (Å²) in [6, 6.07) is 21.4. The van der Waals surface area contributed by atoms with Crippen LogP contribution in [0.5, 0.6) is 11.5 Å². The fourth-order valence-corrected chi connectivity index (χ4v) is 5.64. The Hall–Kier alpha value is -4.75. The molecule has 1 aromatic heterocycles. The van der Waals surface area contributed by atoms with E-state index in [4.69, 9.17) is 9.47 Å². The molecule has 0 fully saturated rings. The first-order valence-electron chi connectivity index (χ1n) is 12.1. The van der Waals surface area contributed by atoms with Gasteiger partial charge in [-0.2, -0.15) is 10.5 Å². The molecule has 37 heavy (non-hydrogen) atoms. The molecule has 0 bridgehead atoms. The molecule has 2 aromatic carbocycles. The van der Waals surface area contributed by atoms with Gasteiger partial charge in [0, 0.05) is 30.1 Å². The number of Topliss-reactive ketones (excluding diaryl/α,β-unsaturated/α-hetero) is 1. The molecule has 0 spiro atoms. The maximum atomic E-state index is 13.9.